The van der Waals surface area contributed by atoms with Crippen LogP contribution in [0.4, 0.5) is 10.1 Å². The first-order chi connectivity index (χ1) is 14.1. The maximum absolute atomic E-state index is 13.0. The lowest BCUT2D eigenvalue weighted by molar-refractivity contribution is -0.134. The third-order valence-corrected chi connectivity index (χ3v) is 4.51. The van der Waals surface area contributed by atoms with Crippen LogP contribution in [-0.4, -0.2) is 16.9 Å². The average molecular weight is 394 g/mol. The molecule has 1 N–H and O–H groups in total. The molecule has 0 unspecified atom stereocenters. The van der Waals surface area contributed by atoms with E-state index in [1.54, 1.807) is 42.6 Å². The van der Waals surface area contributed by atoms with Crippen molar-refractivity contribution in [2.24, 2.45) is 5.92 Å². The van der Waals surface area contributed by atoms with E-state index in [4.69, 9.17) is 9.15 Å². The molecule has 6 nitrogen and oxygen atoms in total. The van der Waals surface area contributed by atoms with Crippen molar-refractivity contribution < 1.29 is 23.1 Å². The molecule has 3 aromatic rings. The molecule has 0 saturated heterocycles. The van der Waals surface area contributed by atoms with Crippen LogP contribution in [0.15, 0.2) is 59.1 Å². The minimum atomic E-state index is -0.433. The quantitative estimate of drug-likeness (QED) is 0.475. The number of nitrogens with one attached hydrogen (secondary N) is 1. The molecule has 2 aromatic carbocycles. The summed E-state index contributed by atoms with van der Waals surface area (Å²) in [5.41, 5.74) is 1.31. The van der Waals surface area contributed by atoms with E-state index in [2.05, 4.69) is 10.3 Å². The zero-order valence-electron chi connectivity index (χ0n) is 15.6. The van der Waals surface area contributed by atoms with Crippen LogP contribution < -0.4 is 10.1 Å². The van der Waals surface area contributed by atoms with E-state index in [9.17, 15) is 14.0 Å². The summed E-state index contributed by atoms with van der Waals surface area (Å²) in [5.74, 6) is 0.600. The fourth-order valence-electron chi connectivity index (χ4n) is 2.79. The van der Waals surface area contributed by atoms with Gasteiger partial charge in [-0.05, 0) is 49.2 Å². The zero-order valence-corrected chi connectivity index (χ0v) is 15.6. The van der Waals surface area contributed by atoms with Gasteiger partial charge in [0, 0.05) is 29.7 Å². The zero-order chi connectivity index (χ0) is 20.2. The van der Waals surface area contributed by atoms with Crippen LogP contribution in [0, 0.1) is 11.7 Å². The highest BCUT2D eigenvalue weighted by molar-refractivity contribution is 5.94. The molecule has 1 fully saturated rings. The van der Waals surface area contributed by atoms with Gasteiger partial charge in [-0.25, -0.2) is 9.37 Å². The third kappa shape index (κ3) is 5.07. The number of nitrogens with zero attached hydrogens (tertiary/aromatic N) is 1. The molecule has 1 aromatic heterocycles. The smallest absolute Gasteiger partial charge is 0.311 e. The van der Waals surface area contributed by atoms with Gasteiger partial charge in [0.05, 0.1) is 12.6 Å². The lowest BCUT2D eigenvalue weighted by Crippen LogP contribution is -2.13. The fraction of sp³-hybridized carbons (Fsp3) is 0.227. The number of ether oxygens (including phenoxy) is 1. The predicted molar refractivity (Wildman–Crippen MR) is 104 cm³/mol. The first kappa shape index (κ1) is 18.9. The Balaban J connectivity index is 1.30. The Morgan fingerprint density at radius 3 is 2.72 bits per heavy atom. The summed E-state index contributed by atoms with van der Waals surface area (Å²) >= 11 is 0. The van der Waals surface area contributed by atoms with Crippen molar-refractivity contribution >= 4 is 17.6 Å². The van der Waals surface area contributed by atoms with Crippen molar-refractivity contribution in [1.29, 1.82) is 0 Å². The third-order valence-electron chi connectivity index (χ3n) is 4.51. The maximum Gasteiger partial charge on any atom is 0.311 e. The largest absolute Gasteiger partial charge is 0.441 e. The number of aryl methyl sites for hydroxylation is 1. The molecule has 0 spiro atoms. The van der Waals surface area contributed by atoms with Crippen LogP contribution in [0.3, 0.4) is 0 Å². The second-order valence-electron chi connectivity index (χ2n) is 6.89. The van der Waals surface area contributed by atoms with E-state index in [1.165, 1.54) is 12.1 Å². The van der Waals surface area contributed by atoms with Gasteiger partial charge in [-0.15, -0.1) is 0 Å². The number of benzene rings is 2. The topological polar surface area (TPSA) is 81.4 Å². The number of oxazole rings is 1. The van der Waals surface area contributed by atoms with Crippen LogP contribution in [0.1, 0.15) is 25.2 Å². The van der Waals surface area contributed by atoms with E-state index in [-0.39, 0.29) is 30.5 Å². The van der Waals surface area contributed by atoms with Gasteiger partial charge < -0.3 is 14.5 Å². The molecule has 0 atom stereocenters. The predicted octanol–water partition coefficient (Wildman–Crippen LogP) is 4.37. The molecule has 0 aliphatic heterocycles. The van der Waals surface area contributed by atoms with Crippen LogP contribution in [0.25, 0.3) is 11.3 Å². The molecule has 4 rings (SSSR count). The lowest BCUT2D eigenvalue weighted by Gasteiger charge is -2.07. The lowest BCUT2D eigenvalue weighted by atomic mass is 10.2. The number of hydrogen-bond donors (Lipinski definition) is 1. The van der Waals surface area contributed by atoms with E-state index in [0.717, 1.165) is 12.8 Å². The highest BCUT2D eigenvalue weighted by Crippen LogP contribution is 2.30. The summed E-state index contributed by atoms with van der Waals surface area (Å²) in [6.07, 6.45) is 3.74. The Kier molecular flexibility index (Phi) is 5.37. The summed E-state index contributed by atoms with van der Waals surface area (Å²) in [6, 6.07) is 12.6. The standard InChI is InChI=1S/C22H19FN2O4/c23-16-8-6-14(7-9-16)19-13-24-20(29-19)10-11-21(26)28-18-3-1-2-17(12-18)25-22(27)15-4-5-15/h1-3,6-9,12-13,15H,4-5,10-11H2,(H,25,27). The number of carbonyl (C=O) groups excluding carboxylic acids is 2. The van der Waals surface area contributed by atoms with Crippen molar-refractivity contribution in [1.82, 2.24) is 4.98 Å². The van der Waals surface area contributed by atoms with E-state index in [1.807, 2.05) is 0 Å². The number of anilines is 1. The molecule has 1 saturated carbocycles. The second kappa shape index (κ2) is 8.26. The van der Waals surface area contributed by atoms with Crippen molar-refractivity contribution in [3.8, 4) is 17.1 Å². The number of carbonyl (C=O) groups is 2. The van der Waals surface area contributed by atoms with Crippen molar-refractivity contribution in [2.45, 2.75) is 25.7 Å². The van der Waals surface area contributed by atoms with Gasteiger partial charge in [-0.1, -0.05) is 6.07 Å². The monoisotopic (exact) mass is 394 g/mol. The van der Waals surface area contributed by atoms with Crippen LogP contribution in [-0.2, 0) is 16.0 Å². The summed E-state index contributed by atoms with van der Waals surface area (Å²) in [5, 5.41) is 2.82. The van der Waals surface area contributed by atoms with Crippen LogP contribution in [0.2, 0.25) is 0 Å². The Hall–Kier alpha value is -3.48. The summed E-state index contributed by atoms with van der Waals surface area (Å²) in [7, 11) is 0. The molecule has 148 valence electrons. The molecule has 7 heteroatoms. The minimum Gasteiger partial charge on any atom is -0.441 e. The van der Waals surface area contributed by atoms with Gasteiger partial charge in [-0.3, -0.25) is 9.59 Å². The SMILES string of the molecule is O=C(CCc1ncc(-c2ccc(F)cc2)o1)Oc1cccc(NC(=O)C2CC2)c1. The maximum atomic E-state index is 13.0. The first-order valence-electron chi connectivity index (χ1n) is 9.39. The molecular formula is C22H19FN2O4. The van der Waals surface area contributed by atoms with E-state index in [0.29, 0.717) is 28.7 Å². The number of halogens is 1. The Labute approximate surface area is 166 Å². The van der Waals surface area contributed by atoms with Gasteiger partial charge in [-0.2, -0.15) is 0 Å². The first-order valence-corrected chi connectivity index (χ1v) is 9.39. The van der Waals surface area contributed by atoms with Gasteiger partial charge in [0.1, 0.15) is 11.6 Å². The minimum absolute atomic E-state index is 0.00525. The molecule has 1 aliphatic carbocycles. The Morgan fingerprint density at radius 2 is 1.97 bits per heavy atom. The molecule has 1 heterocycles. The second-order valence-corrected chi connectivity index (χ2v) is 6.89. The number of hydrogen-bond acceptors (Lipinski definition) is 5. The van der Waals surface area contributed by atoms with Crippen LogP contribution >= 0.6 is 0 Å². The highest BCUT2D eigenvalue weighted by Gasteiger charge is 2.29. The molecule has 1 aliphatic rings. The van der Waals surface area contributed by atoms with Gasteiger partial charge in [0.2, 0.25) is 5.91 Å². The van der Waals surface area contributed by atoms with Crippen molar-refractivity contribution in [3.05, 3.63) is 66.4 Å². The molecular weight excluding hydrogens is 375 g/mol. The number of amides is 1. The average Bonchev–Trinajstić information content (AvgIpc) is 3.46. The normalized spacial score (nSPS) is 13.1. The highest BCUT2D eigenvalue weighted by atomic mass is 19.1. The molecule has 1 amide bonds. The summed E-state index contributed by atoms with van der Waals surface area (Å²) in [6.45, 7) is 0. The fourth-order valence-corrected chi connectivity index (χ4v) is 2.79. The number of aromatic nitrogens is 1. The van der Waals surface area contributed by atoms with E-state index >= 15 is 0 Å². The van der Waals surface area contributed by atoms with Crippen molar-refractivity contribution in [3.63, 3.8) is 0 Å². The summed E-state index contributed by atoms with van der Waals surface area (Å²) in [4.78, 5) is 28.1. The van der Waals surface area contributed by atoms with E-state index < -0.39 is 5.97 Å². The van der Waals surface area contributed by atoms with Gasteiger partial charge >= 0.3 is 5.97 Å². The van der Waals surface area contributed by atoms with Crippen molar-refractivity contribution in [2.75, 3.05) is 5.32 Å². The van der Waals surface area contributed by atoms with Crippen LogP contribution in [0.5, 0.6) is 5.75 Å². The van der Waals surface area contributed by atoms with Gasteiger partial charge in [0.15, 0.2) is 11.7 Å². The Bertz CT molecular complexity index is 1030. The molecule has 0 radical (unpaired) electrons. The summed E-state index contributed by atoms with van der Waals surface area (Å²) < 4.78 is 24.0. The van der Waals surface area contributed by atoms with Gasteiger partial charge in [0.25, 0.3) is 0 Å². The molecule has 0 bridgehead atoms. The number of esters is 1. The molecule has 29 heavy (non-hydrogen) atoms. The number of rotatable bonds is 7. The Morgan fingerprint density at radius 1 is 1.17 bits per heavy atom.